The summed E-state index contributed by atoms with van der Waals surface area (Å²) < 4.78 is 7.15. The Morgan fingerprint density at radius 1 is 1.05 bits per heavy atom. The van der Waals surface area contributed by atoms with Crippen LogP contribution in [0.5, 0.6) is 5.75 Å². The zero-order chi connectivity index (χ0) is 15.2. The summed E-state index contributed by atoms with van der Waals surface area (Å²) in [4.78, 5) is 11.8. The number of rotatable bonds is 5. The van der Waals surface area contributed by atoms with Gasteiger partial charge >= 0.3 is 0 Å². The van der Waals surface area contributed by atoms with Crippen LogP contribution in [-0.2, 0) is 4.79 Å². The molecule has 22 heavy (non-hydrogen) atoms. The molecule has 0 bridgehead atoms. The number of ether oxygens (including phenoxy) is 1. The van der Waals surface area contributed by atoms with Gasteiger partial charge in [0, 0.05) is 18.1 Å². The van der Waals surface area contributed by atoms with E-state index in [1.807, 2.05) is 66.9 Å². The van der Waals surface area contributed by atoms with Crippen molar-refractivity contribution in [3.63, 3.8) is 0 Å². The number of carbonyl (C=O) groups excluding carboxylic acids is 1. The third-order valence-electron chi connectivity index (χ3n) is 3.03. The predicted molar refractivity (Wildman–Crippen MR) is 84.1 cm³/mol. The second-order valence-electron chi connectivity index (χ2n) is 4.65. The molecule has 0 spiro atoms. The highest BCUT2D eigenvalue weighted by atomic mass is 16.5. The minimum Gasteiger partial charge on any atom is -0.484 e. The van der Waals surface area contributed by atoms with Gasteiger partial charge < -0.3 is 10.1 Å². The van der Waals surface area contributed by atoms with Crippen LogP contribution in [-0.4, -0.2) is 22.3 Å². The van der Waals surface area contributed by atoms with E-state index in [9.17, 15) is 4.79 Å². The van der Waals surface area contributed by atoms with Crippen molar-refractivity contribution in [3.05, 3.63) is 73.1 Å². The topological polar surface area (TPSA) is 56.1 Å². The first-order valence-corrected chi connectivity index (χ1v) is 6.89. The molecule has 1 amide bonds. The molecule has 1 N–H and O–H groups in total. The van der Waals surface area contributed by atoms with E-state index >= 15 is 0 Å². The molecule has 1 heterocycles. The van der Waals surface area contributed by atoms with E-state index in [1.54, 1.807) is 10.9 Å². The van der Waals surface area contributed by atoms with Crippen molar-refractivity contribution in [1.82, 2.24) is 9.78 Å². The number of aromatic nitrogens is 2. The standard InChI is InChI=1S/C17H15N3O2/c21-17(13-22-16-5-2-1-3-6-16)19-14-7-9-15(10-8-14)20-12-4-11-18-20/h1-12H,13H2,(H,19,21). The van der Waals surface area contributed by atoms with E-state index in [0.717, 1.165) is 11.4 Å². The van der Waals surface area contributed by atoms with Gasteiger partial charge in [-0.2, -0.15) is 5.10 Å². The summed E-state index contributed by atoms with van der Waals surface area (Å²) in [7, 11) is 0. The van der Waals surface area contributed by atoms with Crippen LogP contribution >= 0.6 is 0 Å². The van der Waals surface area contributed by atoms with Crippen LogP contribution in [0.25, 0.3) is 5.69 Å². The average molecular weight is 293 g/mol. The Bertz CT molecular complexity index is 722. The molecule has 0 saturated heterocycles. The number of hydrogen-bond acceptors (Lipinski definition) is 3. The molecule has 0 aliphatic carbocycles. The molecule has 0 fully saturated rings. The van der Waals surface area contributed by atoms with Crippen molar-refractivity contribution in [1.29, 1.82) is 0 Å². The van der Waals surface area contributed by atoms with Crippen molar-refractivity contribution >= 4 is 11.6 Å². The molecule has 5 nitrogen and oxygen atoms in total. The van der Waals surface area contributed by atoms with Crippen LogP contribution in [0.1, 0.15) is 0 Å². The van der Waals surface area contributed by atoms with Crippen LogP contribution in [0.4, 0.5) is 5.69 Å². The highest BCUT2D eigenvalue weighted by molar-refractivity contribution is 5.91. The fourth-order valence-corrected chi connectivity index (χ4v) is 1.98. The van der Waals surface area contributed by atoms with E-state index < -0.39 is 0 Å². The van der Waals surface area contributed by atoms with Crippen molar-refractivity contribution in [2.75, 3.05) is 11.9 Å². The van der Waals surface area contributed by atoms with E-state index in [2.05, 4.69) is 10.4 Å². The lowest BCUT2D eigenvalue weighted by Crippen LogP contribution is -2.20. The van der Waals surface area contributed by atoms with Gasteiger partial charge in [0.05, 0.1) is 5.69 Å². The molecular formula is C17H15N3O2. The highest BCUT2D eigenvalue weighted by Gasteiger charge is 2.04. The van der Waals surface area contributed by atoms with Crippen LogP contribution < -0.4 is 10.1 Å². The van der Waals surface area contributed by atoms with E-state index in [4.69, 9.17) is 4.74 Å². The Kier molecular flexibility index (Phi) is 4.15. The SMILES string of the molecule is O=C(COc1ccccc1)Nc1ccc(-n2cccn2)cc1. The van der Waals surface area contributed by atoms with Gasteiger partial charge in [0.1, 0.15) is 5.75 Å². The molecule has 110 valence electrons. The monoisotopic (exact) mass is 293 g/mol. The number of anilines is 1. The van der Waals surface area contributed by atoms with E-state index in [0.29, 0.717) is 5.75 Å². The Hall–Kier alpha value is -3.08. The van der Waals surface area contributed by atoms with Gasteiger partial charge in [0.15, 0.2) is 6.61 Å². The van der Waals surface area contributed by atoms with Crippen molar-refractivity contribution in [3.8, 4) is 11.4 Å². The number of amides is 1. The number of carbonyl (C=O) groups is 1. The number of nitrogens with zero attached hydrogens (tertiary/aromatic N) is 2. The summed E-state index contributed by atoms with van der Waals surface area (Å²) in [6.07, 6.45) is 3.58. The maximum Gasteiger partial charge on any atom is 0.262 e. The predicted octanol–water partition coefficient (Wildman–Crippen LogP) is 2.89. The van der Waals surface area contributed by atoms with Gasteiger partial charge in [-0.15, -0.1) is 0 Å². The van der Waals surface area contributed by atoms with Crippen molar-refractivity contribution < 1.29 is 9.53 Å². The minimum absolute atomic E-state index is 0.0229. The minimum atomic E-state index is -0.198. The van der Waals surface area contributed by atoms with Crippen molar-refractivity contribution in [2.24, 2.45) is 0 Å². The van der Waals surface area contributed by atoms with Gasteiger partial charge in [0.2, 0.25) is 0 Å². The zero-order valence-corrected chi connectivity index (χ0v) is 11.8. The first-order chi connectivity index (χ1) is 10.8. The van der Waals surface area contributed by atoms with Crippen LogP contribution in [0.2, 0.25) is 0 Å². The Balaban J connectivity index is 1.55. The summed E-state index contributed by atoms with van der Waals surface area (Å²) >= 11 is 0. The van der Waals surface area contributed by atoms with E-state index in [-0.39, 0.29) is 12.5 Å². The maximum atomic E-state index is 11.8. The second kappa shape index (κ2) is 6.58. The molecule has 3 rings (SSSR count). The average Bonchev–Trinajstić information content (AvgIpc) is 3.09. The molecule has 0 unspecified atom stereocenters. The molecule has 0 aliphatic heterocycles. The first-order valence-electron chi connectivity index (χ1n) is 6.89. The molecule has 0 saturated carbocycles. The Labute approximate surface area is 128 Å². The van der Waals surface area contributed by atoms with Gasteiger partial charge in [-0.05, 0) is 42.5 Å². The van der Waals surface area contributed by atoms with Crippen LogP contribution in [0, 0.1) is 0 Å². The molecule has 1 aromatic heterocycles. The third kappa shape index (κ3) is 3.52. The lowest BCUT2D eigenvalue weighted by atomic mass is 10.3. The molecule has 2 aromatic carbocycles. The van der Waals surface area contributed by atoms with Crippen LogP contribution in [0.15, 0.2) is 73.1 Å². The number of hydrogen-bond donors (Lipinski definition) is 1. The lowest BCUT2D eigenvalue weighted by Gasteiger charge is -2.08. The summed E-state index contributed by atoms with van der Waals surface area (Å²) in [5.41, 5.74) is 1.65. The first kappa shape index (κ1) is 13.9. The largest absolute Gasteiger partial charge is 0.484 e. The highest BCUT2D eigenvalue weighted by Crippen LogP contribution is 2.13. The second-order valence-corrected chi connectivity index (χ2v) is 4.65. The van der Waals surface area contributed by atoms with Crippen molar-refractivity contribution in [2.45, 2.75) is 0 Å². The Morgan fingerprint density at radius 2 is 1.82 bits per heavy atom. The molecule has 0 radical (unpaired) electrons. The number of nitrogens with one attached hydrogen (secondary N) is 1. The molecule has 0 atom stereocenters. The molecule has 0 aliphatic rings. The summed E-state index contributed by atoms with van der Waals surface area (Å²) in [6, 6.07) is 18.5. The van der Waals surface area contributed by atoms with Gasteiger partial charge in [-0.25, -0.2) is 4.68 Å². The third-order valence-corrected chi connectivity index (χ3v) is 3.03. The summed E-state index contributed by atoms with van der Waals surface area (Å²) in [6.45, 7) is -0.0229. The van der Waals surface area contributed by atoms with Gasteiger partial charge in [-0.3, -0.25) is 4.79 Å². The van der Waals surface area contributed by atoms with Crippen LogP contribution in [0.3, 0.4) is 0 Å². The van der Waals surface area contributed by atoms with Gasteiger partial charge in [0.25, 0.3) is 5.91 Å². The van der Waals surface area contributed by atoms with E-state index in [1.165, 1.54) is 0 Å². The fraction of sp³-hybridized carbons (Fsp3) is 0.0588. The normalized spacial score (nSPS) is 10.2. The molecular weight excluding hydrogens is 278 g/mol. The zero-order valence-electron chi connectivity index (χ0n) is 11.8. The Morgan fingerprint density at radius 3 is 2.50 bits per heavy atom. The smallest absolute Gasteiger partial charge is 0.262 e. The summed E-state index contributed by atoms with van der Waals surface area (Å²) in [5.74, 6) is 0.474. The van der Waals surface area contributed by atoms with Gasteiger partial charge in [-0.1, -0.05) is 18.2 Å². The number of para-hydroxylation sites is 1. The summed E-state index contributed by atoms with van der Waals surface area (Å²) in [5, 5.41) is 6.94. The molecule has 5 heteroatoms. The maximum absolute atomic E-state index is 11.8. The lowest BCUT2D eigenvalue weighted by molar-refractivity contribution is -0.118. The fourth-order valence-electron chi connectivity index (χ4n) is 1.98. The number of benzene rings is 2. The molecule has 3 aromatic rings. The quantitative estimate of drug-likeness (QED) is 0.787.